The summed E-state index contributed by atoms with van der Waals surface area (Å²) in [6.07, 6.45) is 2.83. The summed E-state index contributed by atoms with van der Waals surface area (Å²) in [5.41, 5.74) is 5.39. The number of para-hydroxylation sites is 1. The van der Waals surface area contributed by atoms with Gasteiger partial charge in [0.1, 0.15) is 12.7 Å². The summed E-state index contributed by atoms with van der Waals surface area (Å²) in [7, 11) is 3.16. The maximum absolute atomic E-state index is 12.9. The van der Waals surface area contributed by atoms with Crippen LogP contribution in [0, 0.1) is 0 Å². The molecule has 0 radical (unpaired) electrons. The standard InChI is InChI=1S/C20H17N5O3/c1-27-18-8-7-13(9-19(18)28-2)17-10-15(14-5-3-4-6-16(14)23-17)20(26)24-25-11-21-22-12-25/h3-12H,1-2H3,(H,24,26). The largest absolute Gasteiger partial charge is 0.493 e. The summed E-state index contributed by atoms with van der Waals surface area (Å²) in [6.45, 7) is 0. The highest BCUT2D eigenvalue weighted by Crippen LogP contribution is 2.33. The Kier molecular flexibility index (Phi) is 4.59. The van der Waals surface area contributed by atoms with Crippen LogP contribution in [-0.2, 0) is 0 Å². The maximum Gasteiger partial charge on any atom is 0.270 e. The smallest absolute Gasteiger partial charge is 0.270 e. The van der Waals surface area contributed by atoms with Gasteiger partial charge in [0, 0.05) is 10.9 Å². The third-order valence-electron chi connectivity index (χ3n) is 4.29. The summed E-state index contributed by atoms with van der Waals surface area (Å²) in [4.78, 5) is 17.6. The molecule has 8 heteroatoms. The van der Waals surface area contributed by atoms with Gasteiger partial charge in [0.25, 0.3) is 5.91 Å². The number of hydrogen-bond donors (Lipinski definition) is 1. The summed E-state index contributed by atoms with van der Waals surface area (Å²) in [5.74, 6) is 0.920. The summed E-state index contributed by atoms with van der Waals surface area (Å²) >= 11 is 0. The number of ether oxygens (including phenoxy) is 2. The number of fused-ring (bicyclic) bond motifs is 1. The van der Waals surface area contributed by atoms with E-state index in [9.17, 15) is 4.79 Å². The van der Waals surface area contributed by atoms with Crippen molar-refractivity contribution in [2.45, 2.75) is 0 Å². The van der Waals surface area contributed by atoms with Crippen molar-refractivity contribution in [2.75, 3.05) is 19.6 Å². The topological polar surface area (TPSA) is 91.2 Å². The second kappa shape index (κ2) is 7.36. The van der Waals surface area contributed by atoms with E-state index in [0.29, 0.717) is 28.3 Å². The lowest BCUT2D eigenvalue weighted by Crippen LogP contribution is -2.22. The van der Waals surface area contributed by atoms with Gasteiger partial charge >= 0.3 is 0 Å². The SMILES string of the molecule is COc1ccc(-c2cc(C(=O)Nn3cnnc3)c3ccccc3n2)cc1OC. The van der Waals surface area contributed by atoms with Gasteiger partial charge in [-0.05, 0) is 30.3 Å². The lowest BCUT2D eigenvalue weighted by molar-refractivity contribution is 0.101. The Hall–Kier alpha value is -3.94. The van der Waals surface area contributed by atoms with Crippen molar-refractivity contribution < 1.29 is 14.3 Å². The Morgan fingerprint density at radius 2 is 1.71 bits per heavy atom. The van der Waals surface area contributed by atoms with E-state index in [4.69, 9.17) is 14.5 Å². The highest BCUT2D eigenvalue weighted by atomic mass is 16.5. The highest BCUT2D eigenvalue weighted by molar-refractivity contribution is 6.10. The maximum atomic E-state index is 12.9. The van der Waals surface area contributed by atoms with Gasteiger partial charge in [-0.2, -0.15) is 0 Å². The van der Waals surface area contributed by atoms with E-state index in [2.05, 4.69) is 15.6 Å². The zero-order valence-corrected chi connectivity index (χ0v) is 15.3. The van der Waals surface area contributed by atoms with Gasteiger partial charge in [0.15, 0.2) is 11.5 Å². The van der Waals surface area contributed by atoms with Gasteiger partial charge in [-0.25, -0.2) is 9.66 Å². The van der Waals surface area contributed by atoms with Crippen molar-refractivity contribution in [3.8, 4) is 22.8 Å². The lowest BCUT2D eigenvalue weighted by atomic mass is 10.0. The number of amides is 1. The summed E-state index contributed by atoms with van der Waals surface area (Å²) in [5, 5.41) is 8.13. The van der Waals surface area contributed by atoms with E-state index >= 15 is 0 Å². The highest BCUT2D eigenvalue weighted by Gasteiger charge is 2.15. The molecule has 1 amide bonds. The predicted molar refractivity (Wildman–Crippen MR) is 104 cm³/mol. The van der Waals surface area contributed by atoms with Gasteiger partial charge in [0.2, 0.25) is 0 Å². The minimum atomic E-state index is -0.292. The van der Waals surface area contributed by atoms with Crippen molar-refractivity contribution in [2.24, 2.45) is 0 Å². The van der Waals surface area contributed by atoms with Gasteiger partial charge in [-0.15, -0.1) is 10.2 Å². The fourth-order valence-electron chi connectivity index (χ4n) is 2.94. The zero-order chi connectivity index (χ0) is 19.5. The molecule has 4 aromatic rings. The van der Waals surface area contributed by atoms with Gasteiger partial charge in [-0.3, -0.25) is 10.2 Å². The predicted octanol–water partition coefficient (Wildman–Crippen LogP) is 2.89. The quantitative estimate of drug-likeness (QED) is 0.577. The zero-order valence-electron chi connectivity index (χ0n) is 15.3. The molecule has 0 saturated carbocycles. The molecule has 0 spiro atoms. The van der Waals surface area contributed by atoms with Crippen molar-refractivity contribution in [3.63, 3.8) is 0 Å². The van der Waals surface area contributed by atoms with E-state index < -0.39 is 0 Å². The molecule has 2 aromatic carbocycles. The first-order valence-electron chi connectivity index (χ1n) is 8.48. The first kappa shape index (κ1) is 17.5. The second-order valence-corrected chi connectivity index (χ2v) is 5.95. The molecule has 2 aromatic heterocycles. The number of benzene rings is 2. The van der Waals surface area contributed by atoms with Crippen molar-refractivity contribution >= 4 is 16.8 Å². The number of rotatable bonds is 5. The molecule has 0 saturated heterocycles. The van der Waals surface area contributed by atoms with Gasteiger partial charge in [0.05, 0.1) is 31.0 Å². The molecule has 28 heavy (non-hydrogen) atoms. The molecular formula is C20H17N5O3. The first-order chi connectivity index (χ1) is 13.7. The fraction of sp³-hybridized carbons (Fsp3) is 0.100. The molecule has 0 unspecified atom stereocenters. The number of hydrogen-bond acceptors (Lipinski definition) is 6. The summed E-state index contributed by atoms with van der Waals surface area (Å²) in [6, 6.07) is 14.8. The number of carbonyl (C=O) groups is 1. The van der Waals surface area contributed by atoms with Crippen molar-refractivity contribution in [1.29, 1.82) is 0 Å². The lowest BCUT2D eigenvalue weighted by Gasteiger charge is -2.12. The summed E-state index contributed by atoms with van der Waals surface area (Å²) < 4.78 is 12.1. The molecule has 2 heterocycles. The van der Waals surface area contributed by atoms with E-state index in [-0.39, 0.29) is 5.91 Å². The van der Waals surface area contributed by atoms with Crippen LogP contribution < -0.4 is 14.9 Å². The number of methoxy groups -OCH3 is 2. The Balaban J connectivity index is 1.83. The van der Waals surface area contributed by atoms with E-state index in [1.165, 1.54) is 17.3 Å². The molecule has 0 aliphatic rings. The Labute approximate surface area is 160 Å². The molecule has 0 atom stereocenters. The van der Waals surface area contributed by atoms with Crippen LogP contribution in [0.4, 0.5) is 0 Å². The Bertz CT molecular complexity index is 1140. The Morgan fingerprint density at radius 3 is 2.46 bits per heavy atom. The molecule has 8 nitrogen and oxygen atoms in total. The third-order valence-corrected chi connectivity index (χ3v) is 4.29. The number of nitrogens with one attached hydrogen (secondary N) is 1. The minimum Gasteiger partial charge on any atom is -0.493 e. The molecular weight excluding hydrogens is 358 g/mol. The van der Waals surface area contributed by atoms with Crippen molar-refractivity contribution in [1.82, 2.24) is 19.9 Å². The van der Waals surface area contributed by atoms with Crippen LogP contribution in [0.15, 0.2) is 61.2 Å². The number of nitrogens with zero attached hydrogens (tertiary/aromatic N) is 4. The number of carbonyl (C=O) groups excluding carboxylic acids is 1. The average molecular weight is 375 g/mol. The van der Waals surface area contributed by atoms with E-state index in [1.807, 2.05) is 42.5 Å². The molecule has 0 bridgehead atoms. The van der Waals surface area contributed by atoms with Crippen molar-refractivity contribution in [3.05, 3.63) is 66.7 Å². The Morgan fingerprint density at radius 1 is 0.964 bits per heavy atom. The van der Waals surface area contributed by atoms with Crippen LogP contribution >= 0.6 is 0 Å². The van der Waals surface area contributed by atoms with Crippen LogP contribution in [0.1, 0.15) is 10.4 Å². The fourth-order valence-corrected chi connectivity index (χ4v) is 2.94. The van der Waals surface area contributed by atoms with Crippen LogP contribution in [0.3, 0.4) is 0 Å². The van der Waals surface area contributed by atoms with Gasteiger partial charge < -0.3 is 9.47 Å². The first-order valence-corrected chi connectivity index (χ1v) is 8.48. The third kappa shape index (κ3) is 3.23. The molecule has 140 valence electrons. The van der Waals surface area contributed by atoms with Crippen LogP contribution in [0.2, 0.25) is 0 Å². The molecule has 0 aliphatic heterocycles. The normalized spacial score (nSPS) is 10.6. The number of pyridine rings is 1. The average Bonchev–Trinajstić information content (AvgIpc) is 3.25. The van der Waals surface area contributed by atoms with Crippen LogP contribution in [0.5, 0.6) is 11.5 Å². The molecule has 0 fully saturated rings. The molecule has 1 N–H and O–H groups in total. The minimum absolute atomic E-state index is 0.292. The van der Waals surface area contributed by atoms with Gasteiger partial charge in [-0.1, -0.05) is 18.2 Å². The van der Waals surface area contributed by atoms with Crippen LogP contribution in [-0.4, -0.2) is 40.0 Å². The second-order valence-electron chi connectivity index (χ2n) is 5.95. The molecule has 0 aliphatic carbocycles. The molecule has 4 rings (SSSR count). The van der Waals surface area contributed by atoms with E-state index in [0.717, 1.165) is 10.9 Å². The van der Waals surface area contributed by atoms with E-state index in [1.54, 1.807) is 20.3 Å². The number of aromatic nitrogens is 4. The van der Waals surface area contributed by atoms with Crippen LogP contribution in [0.25, 0.3) is 22.2 Å². The monoisotopic (exact) mass is 375 g/mol.